The molecule has 1 unspecified atom stereocenters. The molecule has 8 heteroatoms. The molecule has 0 saturated carbocycles. The Bertz CT molecular complexity index is 756. The van der Waals surface area contributed by atoms with Crippen LogP contribution < -0.4 is 15.4 Å². The maximum Gasteiger partial charge on any atom is 0.414 e. The number of nitrogens with two attached hydrogens (primary N) is 1. The number of carboxylic acid groups (broad SMARTS) is 1. The lowest BCUT2D eigenvalue weighted by atomic mass is 10.2. The molecule has 0 aliphatic carbocycles. The van der Waals surface area contributed by atoms with E-state index in [1.54, 1.807) is 17.2 Å². The number of aromatic amines is 1. The topological polar surface area (TPSA) is 118 Å². The van der Waals surface area contributed by atoms with Crippen molar-refractivity contribution in [2.24, 2.45) is 5.73 Å². The lowest BCUT2D eigenvalue weighted by molar-refractivity contribution is -0.136. The lowest BCUT2D eigenvalue weighted by Gasteiger charge is -2.13. The van der Waals surface area contributed by atoms with E-state index >= 15 is 0 Å². The molecule has 4 N–H and O–H groups in total. The molecule has 1 aliphatic heterocycles. The van der Waals surface area contributed by atoms with Crippen molar-refractivity contribution in [2.75, 3.05) is 18.1 Å². The lowest BCUT2D eigenvalue weighted by Crippen LogP contribution is -2.26. The second-order valence-electron chi connectivity index (χ2n) is 5.73. The van der Waals surface area contributed by atoms with Crippen LogP contribution in [0.3, 0.4) is 0 Å². The quantitative estimate of drug-likeness (QED) is 0.700. The zero-order valence-electron chi connectivity index (χ0n) is 13.5. The minimum absolute atomic E-state index is 0.103. The molecule has 2 aromatic rings. The molecule has 3 rings (SSSR count). The van der Waals surface area contributed by atoms with Gasteiger partial charge < -0.3 is 25.3 Å². The smallest absolute Gasteiger partial charge is 0.414 e. The Hall–Kier alpha value is -3.00. The Balaban J connectivity index is 1.55. The number of ether oxygens (including phenoxy) is 2. The first-order valence-electron chi connectivity index (χ1n) is 7.84. The summed E-state index contributed by atoms with van der Waals surface area (Å²) in [6, 6.07) is 9.02. The van der Waals surface area contributed by atoms with Crippen molar-refractivity contribution < 1.29 is 24.2 Å². The third-order valence-electron chi connectivity index (χ3n) is 3.85. The number of rotatable bonds is 7. The van der Waals surface area contributed by atoms with Gasteiger partial charge in [-0.1, -0.05) is 12.1 Å². The molecular weight excluding hydrogens is 326 g/mol. The molecule has 0 radical (unpaired) electrons. The number of amides is 1. The number of hydrogen-bond acceptors (Lipinski definition) is 5. The van der Waals surface area contributed by atoms with Crippen LogP contribution in [0.4, 0.5) is 10.5 Å². The van der Waals surface area contributed by atoms with Gasteiger partial charge in [-0.3, -0.25) is 9.69 Å². The van der Waals surface area contributed by atoms with Crippen molar-refractivity contribution in [1.82, 2.24) is 4.98 Å². The summed E-state index contributed by atoms with van der Waals surface area (Å²) in [7, 11) is 0. The third kappa shape index (κ3) is 4.10. The van der Waals surface area contributed by atoms with E-state index in [9.17, 15) is 9.59 Å². The Morgan fingerprint density at radius 3 is 2.84 bits per heavy atom. The molecule has 1 fully saturated rings. The summed E-state index contributed by atoms with van der Waals surface area (Å²) in [5.41, 5.74) is 7.85. The van der Waals surface area contributed by atoms with Gasteiger partial charge >= 0.3 is 12.1 Å². The van der Waals surface area contributed by atoms with Crippen molar-refractivity contribution in [2.45, 2.75) is 19.1 Å². The van der Waals surface area contributed by atoms with Gasteiger partial charge in [-0.15, -0.1) is 0 Å². The Morgan fingerprint density at radius 2 is 2.16 bits per heavy atom. The Kier molecular flexibility index (Phi) is 4.90. The largest absolute Gasteiger partial charge is 0.488 e. The van der Waals surface area contributed by atoms with Gasteiger partial charge in [0.25, 0.3) is 0 Å². The second kappa shape index (κ2) is 7.27. The number of hydrogen-bond donors (Lipinski definition) is 3. The summed E-state index contributed by atoms with van der Waals surface area (Å²) < 4.78 is 10.9. The monoisotopic (exact) mass is 345 g/mol. The molecular formula is C17H19N3O5. The Morgan fingerprint density at radius 1 is 1.40 bits per heavy atom. The van der Waals surface area contributed by atoms with Gasteiger partial charge in [0.1, 0.15) is 12.4 Å². The van der Waals surface area contributed by atoms with Crippen molar-refractivity contribution in [3.63, 3.8) is 0 Å². The highest BCUT2D eigenvalue weighted by molar-refractivity contribution is 5.89. The first kappa shape index (κ1) is 16.8. The highest BCUT2D eigenvalue weighted by atomic mass is 16.6. The molecule has 2 heterocycles. The van der Waals surface area contributed by atoms with E-state index in [-0.39, 0.29) is 13.0 Å². The fourth-order valence-electron chi connectivity index (χ4n) is 2.59. The van der Waals surface area contributed by atoms with Gasteiger partial charge in [0.15, 0.2) is 6.10 Å². The van der Waals surface area contributed by atoms with Crippen LogP contribution in [0.25, 0.3) is 0 Å². The molecule has 25 heavy (non-hydrogen) atoms. The van der Waals surface area contributed by atoms with Crippen molar-refractivity contribution in [1.29, 1.82) is 0 Å². The van der Waals surface area contributed by atoms with E-state index in [1.807, 2.05) is 24.3 Å². The molecule has 1 aliphatic rings. The fourth-order valence-corrected chi connectivity index (χ4v) is 2.59. The standard InChI is InChI=1S/C17H19N3O5/c18-7-11-1-3-13(4-2-11)20-9-15(25-17(20)23)10-24-14-5-12(19-8-14)6-16(21)22/h1-5,8,15,19H,6-7,9-10,18H2,(H,21,22). The van der Waals surface area contributed by atoms with Crippen LogP contribution >= 0.6 is 0 Å². The summed E-state index contributed by atoms with van der Waals surface area (Å²) in [5.74, 6) is -0.410. The number of nitrogens with zero attached hydrogens (tertiary/aromatic N) is 1. The van der Waals surface area contributed by atoms with Gasteiger partial charge in [0.05, 0.1) is 13.0 Å². The van der Waals surface area contributed by atoms with Crippen LogP contribution in [0.2, 0.25) is 0 Å². The first-order valence-corrected chi connectivity index (χ1v) is 7.84. The minimum Gasteiger partial charge on any atom is -0.488 e. The van der Waals surface area contributed by atoms with E-state index in [0.717, 1.165) is 11.3 Å². The SMILES string of the molecule is NCc1ccc(N2CC(COc3c[nH]c(CC(=O)O)c3)OC2=O)cc1. The van der Waals surface area contributed by atoms with E-state index in [4.69, 9.17) is 20.3 Å². The van der Waals surface area contributed by atoms with E-state index < -0.39 is 18.2 Å². The van der Waals surface area contributed by atoms with Gasteiger partial charge in [-0.25, -0.2) is 4.79 Å². The number of carboxylic acids is 1. The maximum absolute atomic E-state index is 12.0. The van der Waals surface area contributed by atoms with Gasteiger partial charge in [0.2, 0.25) is 0 Å². The highest BCUT2D eigenvalue weighted by Gasteiger charge is 2.32. The van der Waals surface area contributed by atoms with E-state index in [1.165, 1.54) is 0 Å². The van der Waals surface area contributed by atoms with Crippen LogP contribution in [0.15, 0.2) is 36.5 Å². The number of carbonyl (C=O) groups is 2. The Labute approximate surface area is 144 Å². The number of aliphatic carboxylic acids is 1. The van der Waals surface area contributed by atoms with Crippen molar-refractivity contribution in [3.05, 3.63) is 47.8 Å². The zero-order valence-corrected chi connectivity index (χ0v) is 13.5. The number of H-pyrrole nitrogens is 1. The number of carbonyl (C=O) groups excluding carboxylic acids is 1. The fraction of sp³-hybridized carbons (Fsp3) is 0.294. The van der Waals surface area contributed by atoms with Crippen molar-refractivity contribution >= 4 is 17.7 Å². The predicted octanol–water partition coefficient (Wildman–Crippen LogP) is 1.50. The number of nitrogens with one attached hydrogen (secondary N) is 1. The van der Waals surface area contributed by atoms with Gasteiger partial charge in [0, 0.05) is 30.2 Å². The summed E-state index contributed by atoms with van der Waals surface area (Å²) >= 11 is 0. The van der Waals surface area contributed by atoms with Crippen LogP contribution in [0.1, 0.15) is 11.3 Å². The van der Waals surface area contributed by atoms with Crippen LogP contribution in [0, 0.1) is 0 Å². The number of aromatic nitrogens is 1. The highest BCUT2D eigenvalue weighted by Crippen LogP contribution is 2.23. The molecule has 1 amide bonds. The van der Waals surface area contributed by atoms with Crippen LogP contribution in [0.5, 0.6) is 5.75 Å². The van der Waals surface area contributed by atoms with Crippen LogP contribution in [-0.2, 0) is 22.5 Å². The average molecular weight is 345 g/mol. The molecule has 132 valence electrons. The zero-order chi connectivity index (χ0) is 17.8. The number of cyclic esters (lactones) is 1. The first-order chi connectivity index (χ1) is 12.0. The molecule has 0 bridgehead atoms. The van der Waals surface area contributed by atoms with Crippen molar-refractivity contribution in [3.8, 4) is 5.75 Å². The number of benzene rings is 1. The van der Waals surface area contributed by atoms with E-state index in [0.29, 0.717) is 24.5 Å². The molecule has 1 aromatic carbocycles. The second-order valence-corrected chi connectivity index (χ2v) is 5.73. The average Bonchev–Trinajstić information content (AvgIpc) is 3.19. The number of anilines is 1. The predicted molar refractivity (Wildman–Crippen MR) is 89.6 cm³/mol. The summed E-state index contributed by atoms with van der Waals surface area (Å²) in [6.45, 7) is 1.02. The molecule has 1 atom stereocenters. The minimum atomic E-state index is -0.922. The van der Waals surface area contributed by atoms with Gasteiger partial charge in [-0.05, 0) is 17.7 Å². The summed E-state index contributed by atoms with van der Waals surface area (Å²) in [5, 5.41) is 8.75. The normalized spacial score (nSPS) is 16.8. The summed E-state index contributed by atoms with van der Waals surface area (Å²) in [6.07, 6.45) is 0.654. The maximum atomic E-state index is 12.0. The van der Waals surface area contributed by atoms with Gasteiger partial charge in [-0.2, -0.15) is 0 Å². The van der Waals surface area contributed by atoms with E-state index in [2.05, 4.69) is 4.98 Å². The van der Waals surface area contributed by atoms with Crippen LogP contribution in [-0.4, -0.2) is 41.4 Å². The molecule has 8 nitrogen and oxygen atoms in total. The molecule has 1 saturated heterocycles. The molecule has 1 aromatic heterocycles. The molecule has 0 spiro atoms. The third-order valence-corrected chi connectivity index (χ3v) is 3.85. The summed E-state index contributed by atoms with van der Waals surface area (Å²) in [4.78, 5) is 27.1.